The summed E-state index contributed by atoms with van der Waals surface area (Å²) in [6, 6.07) is 14.1. The number of carbonyl (C=O) groups excluding carboxylic acids is 1. The van der Waals surface area contributed by atoms with Crippen LogP contribution in [0.3, 0.4) is 0 Å². The molecule has 4 nitrogen and oxygen atoms in total. The number of hydrogen-bond donors (Lipinski definition) is 2. The molecule has 1 aromatic carbocycles. The van der Waals surface area contributed by atoms with Gasteiger partial charge in [-0.15, -0.1) is 11.3 Å². The van der Waals surface area contributed by atoms with Crippen molar-refractivity contribution in [2.45, 2.75) is 12.6 Å². The Hall–Kier alpha value is -2.08. The zero-order valence-electron chi connectivity index (χ0n) is 12.0. The van der Waals surface area contributed by atoms with E-state index < -0.39 is 6.10 Å². The van der Waals surface area contributed by atoms with Gasteiger partial charge in [0.15, 0.2) is 0 Å². The number of hydrogen-bond acceptors (Lipinski definition) is 4. The van der Waals surface area contributed by atoms with Gasteiger partial charge in [0.1, 0.15) is 11.9 Å². The highest BCUT2D eigenvalue weighted by atomic mass is 35.5. The standard InChI is InChI=1S/C17H14ClNO3S/c18-13-5-2-1-4-12(13)17(21)19-10-11-7-8-15(23-11)16(20)14-6-3-9-22-14/h1-9,16,20H,10H2,(H,19,21)/t16-/m0/s1. The maximum absolute atomic E-state index is 12.1. The molecular weight excluding hydrogens is 334 g/mol. The van der Waals surface area contributed by atoms with Crippen LogP contribution in [0.5, 0.6) is 0 Å². The molecule has 0 saturated carbocycles. The summed E-state index contributed by atoms with van der Waals surface area (Å²) in [4.78, 5) is 13.8. The summed E-state index contributed by atoms with van der Waals surface area (Å²) in [6.07, 6.45) is 0.736. The van der Waals surface area contributed by atoms with Crippen LogP contribution in [0.1, 0.15) is 32.0 Å². The third kappa shape index (κ3) is 3.64. The maximum atomic E-state index is 12.1. The summed E-state index contributed by atoms with van der Waals surface area (Å²) in [5.74, 6) is 0.274. The zero-order chi connectivity index (χ0) is 16.2. The lowest BCUT2D eigenvalue weighted by Gasteiger charge is -2.06. The molecule has 0 spiro atoms. The van der Waals surface area contributed by atoms with Gasteiger partial charge in [-0.3, -0.25) is 4.79 Å². The van der Waals surface area contributed by atoms with Crippen LogP contribution in [0.15, 0.2) is 59.2 Å². The molecule has 0 aliphatic carbocycles. The van der Waals surface area contributed by atoms with Crippen molar-refractivity contribution in [2.75, 3.05) is 0 Å². The van der Waals surface area contributed by atoms with Gasteiger partial charge in [-0.05, 0) is 36.4 Å². The Morgan fingerprint density at radius 2 is 2.04 bits per heavy atom. The van der Waals surface area contributed by atoms with Gasteiger partial charge in [-0.25, -0.2) is 0 Å². The number of aliphatic hydroxyl groups is 1. The number of carbonyl (C=O) groups is 1. The molecule has 2 aromatic heterocycles. The molecule has 0 fully saturated rings. The number of halogens is 1. The first-order valence-electron chi connectivity index (χ1n) is 6.98. The van der Waals surface area contributed by atoms with E-state index in [2.05, 4.69) is 5.32 Å². The average Bonchev–Trinajstić information content (AvgIpc) is 3.24. The van der Waals surface area contributed by atoms with Gasteiger partial charge in [0.2, 0.25) is 0 Å². The highest BCUT2D eigenvalue weighted by Crippen LogP contribution is 2.28. The number of aliphatic hydroxyl groups excluding tert-OH is 1. The van der Waals surface area contributed by atoms with Crippen molar-refractivity contribution in [3.05, 3.63) is 80.9 Å². The summed E-state index contributed by atoms with van der Waals surface area (Å²) < 4.78 is 5.20. The van der Waals surface area contributed by atoms with Gasteiger partial charge in [-0.1, -0.05) is 23.7 Å². The highest BCUT2D eigenvalue weighted by molar-refractivity contribution is 7.12. The third-order valence-electron chi connectivity index (χ3n) is 3.31. The van der Waals surface area contributed by atoms with Crippen LogP contribution in [-0.2, 0) is 6.54 Å². The van der Waals surface area contributed by atoms with Gasteiger partial charge in [0, 0.05) is 9.75 Å². The van der Waals surface area contributed by atoms with E-state index in [1.807, 2.05) is 12.1 Å². The first-order valence-corrected chi connectivity index (χ1v) is 8.17. The lowest BCUT2D eigenvalue weighted by molar-refractivity contribution is 0.0951. The Kier molecular flexibility index (Phi) is 4.81. The molecule has 0 saturated heterocycles. The number of benzene rings is 1. The molecule has 118 valence electrons. The Labute approximate surface area is 142 Å². The van der Waals surface area contributed by atoms with E-state index >= 15 is 0 Å². The molecule has 3 rings (SSSR count). The van der Waals surface area contributed by atoms with E-state index in [0.29, 0.717) is 22.9 Å². The number of thiophene rings is 1. The minimum absolute atomic E-state index is 0.225. The minimum Gasteiger partial charge on any atom is -0.466 e. The summed E-state index contributed by atoms with van der Waals surface area (Å²) in [5, 5.41) is 13.4. The molecular formula is C17H14ClNO3S. The first kappa shape index (κ1) is 15.8. The molecule has 0 bridgehead atoms. The fraction of sp³-hybridized carbons (Fsp3) is 0.118. The second-order valence-electron chi connectivity index (χ2n) is 4.88. The zero-order valence-corrected chi connectivity index (χ0v) is 13.6. The molecule has 2 heterocycles. The van der Waals surface area contributed by atoms with Crippen molar-refractivity contribution in [1.82, 2.24) is 5.32 Å². The monoisotopic (exact) mass is 347 g/mol. The Morgan fingerprint density at radius 3 is 2.78 bits per heavy atom. The molecule has 3 aromatic rings. The molecule has 6 heteroatoms. The summed E-state index contributed by atoms with van der Waals surface area (Å²) in [7, 11) is 0. The van der Waals surface area contributed by atoms with Gasteiger partial charge in [0.05, 0.1) is 23.4 Å². The van der Waals surface area contributed by atoms with Gasteiger partial charge in [-0.2, -0.15) is 0 Å². The lowest BCUT2D eigenvalue weighted by atomic mass is 10.2. The second kappa shape index (κ2) is 7.00. The van der Waals surface area contributed by atoms with Crippen LogP contribution in [0.4, 0.5) is 0 Å². The SMILES string of the molecule is O=C(NCc1ccc([C@@H](O)c2ccco2)s1)c1ccccc1Cl. The number of amides is 1. The highest BCUT2D eigenvalue weighted by Gasteiger charge is 2.16. The van der Waals surface area contributed by atoms with Crippen molar-refractivity contribution < 1.29 is 14.3 Å². The van der Waals surface area contributed by atoms with Gasteiger partial charge < -0.3 is 14.8 Å². The smallest absolute Gasteiger partial charge is 0.253 e. The lowest BCUT2D eigenvalue weighted by Crippen LogP contribution is -2.22. The van der Waals surface area contributed by atoms with Crippen molar-refractivity contribution in [2.24, 2.45) is 0 Å². The van der Waals surface area contributed by atoms with E-state index in [1.165, 1.54) is 17.6 Å². The Morgan fingerprint density at radius 1 is 1.22 bits per heavy atom. The minimum atomic E-state index is -0.789. The van der Waals surface area contributed by atoms with Crippen LogP contribution in [0, 0.1) is 0 Å². The molecule has 0 radical (unpaired) electrons. The second-order valence-corrected chi connectivity index (χ2v) is 6.49. The van der Waals surface area contributed by atoms with E-state index in [-0.39, 0.29) is 5.91 Å². The number of rotatable bonds is 5. The topological polar surface area (TPSA) is 62.5 Å². The van der Waals surface area contributed by atoms with Crippen LogP contribution >= 0.6 is 22.9 Å². The number of furan rings is 1. The average molecular weight is 348 g/mol. The first-order chi connectivity index (χ1) is 11.1. The van der Waals surface area contributed by atoms with E-state index in [4.69, 9.17) is 16.0 Å². The van der Waals surface area contributed by atoms with Crippen molar-refractivity contribution in [3.63, 3.8) is 0 Å². The predicted octanol–water partition coefficient (Wildman–Crippen LogP) is 4.01. The quantitative estimate of drug-likeness (QED) is 0.733. The normalized spacial score (nSPS) is 12.1. The van der Waals surface area contributed by atoms with E-state index in [0.717, 1.165) is 9.75 Å². The molecule has 0 aliphatic heterocycles. The summed E-state index contributed by atoms with van der Waals surface area (Å²) in [6.45, 7) is 0.375. The van der Waals surface area contributed by atoms with Crippen LogP contribution in [-0.4, -0.2) is 11.0 Å². The predicted molar refractivity (Wildman–Crippen MR) is 89.7 cm³/mol. The van der Waals surface area contributed by atoms with Crippen molar-refractivity contribution in [3.8, 4) is 0 Å². The Balaban J connectivity index is 1.64. The fourth-order valence-corrected chi connectivity index (χ4v) is 3.30. The van der Waals surface area contributed by atoms with Gasteiger partial charge in [0.25, 0.3) is 5.91 Å². The largest absolute Gasteiger partial charge is 0.466 e. The maximum Gasteiger partial charge on any atom is 0.253 e. The molecule has 1 amide bonds. The van der Waals surface area contributed by atoms with Crippen molar-refractivity contribution in [1.29, 1.82) is 0 Å². The molecule has 0 unspecified atom stereocenters. The third-order valence-corrected chi connectivity index (χ3v) is 4.77. The van der Waals surface area contributed by atoms with Crippen molar-refractivity contribution >= 4 is 28.8 Å². The summed E-state index contributed by atoms with van der Waals surface area (Å²) >= 11 is 7.42. The van der Waals surface area contributed by atoms with E-state index in [1.54, 1.807) is 36.4 Å². The van der Waals surface area contributed by atoms with Crippen LogP contribution in [0.2, 0.25) is 5.02 Å². The number of nitrogens with one attached hydrogen (secondary N) is 1. The van der Waals surface area contributed by atoms with Gasteiger partial charge >= 0.3 is 0 Å². The summed E-state index contributed by atoms with van der Waals surface area (Å²) in [5.41, 5.74) is 0.446. The van der Waals surface area contributed by atoms with Crippen LogP contribution in [0.25, 0.3) is 0 Å². The fourth-order valence-electron chi connectivity index (χ4n) is 2.13. The molecule has 2 N–H and O–H groups in total. The van der Waals surface area contributed by atoms with E-state index in [9.17, 15) is 9.90 Å². The molecule has 1 atom stereocenters. The molecule has 0 aliphatic rings. The molecule has 23 heavy (non-hydrogen) atoms. The van der Waals surface area contributed by atoms with Crippen LogP contribution < -0.4 is 5.32 Å². The Bertz CT molecular complexity index is 798.